The third kappa shape index (κ3) is 3.03. The van der Waals surface area contributed by atoms with Gasteiger partial charge in [0.25, 0.3) is 5.91 Å². The highest BCUT2D eigenvalue weighted by Gasteiger charge is 2.14. The number of pyridine rings is 1. The molecule has 0 aliphatic rings. The molecule has 0 bridgehead atoms. The van der Waals surface area contributed by atoms with Gasteiger partial charge in [-0.15, -0.1) is 0 Å². The summed E-state index contributed by atoms with van der Waals surface area (Å²) in [6, 6.07) is 6.14. The quantitative estimate of drug-likeness (QED) is 0.849. The van der Waals surface area contributed by atoms with Gasteiger partial charge in [-0.1, -0.05) is 29.3 Å². The molecule has 3 nitrogen and oxygen atoms in total. The molecule has 0 saturated heterocycles. The Labute approximate surface area is 119 Å². The Bertz CT molecular complexity index is 647. The summed E-state index contributed by atoms with van der Waals surface area (Å²) < 4.78 is 13.1. The molecule has 2 aromatic rings. The van der Waals surface area contributed by atoms with Crippen molar-refractivity contribution >= 4 is 34.8 Å². The molecule has 0 radical (unpaired) electrons. The molecule has 0 atom stereocenters. The van der Waals surface area contributed by atoms with Gasteiger partial charge in [0, 0.05) is 10.7 Å². The maximum Gasteiger partial charge on any atom is 0.258 e. The summed E-state index contributed by atoms with van der Waals surface area (Å²) in [5, 5.41) is 3.09. The van der Waals surface area contributed by atoms with Gasteiger partial charge in [0.2, 0.25) is 0 Å². The zero-order chi connectivity index (χ0) is 14.0. The Morgan fingerprint density at radius 2 is 2.11 bits per heavy atom. The van der Waals surface area contributed by atoms with E-state index >= 15 is 0 Å². The van der Waals surface area contributed by atoms with Crippen LogP contribution in [0.5, 0.6) is 0 Å². The van der Waals surface area contributed by atoms with Crippen LogP contribution in [-0.2, 0) is 0 Å². The van der Waals surface area contributed by atoms with E-state index in [2.05, 4.69) is 10.3 Å². The Morgan fingerprint density at radius 3 is 2.84 bits per heavy atom. The fraction of sp³-hybridized carbons (Fsp3) is 0.0769. The molecule has 1 heterocycles. The minimum atomic E-state index is -0.627. The third-order valence-corrected chi connectivity index (χ3v) is 3.28. The lowest BCUT2D eigenvalue weighted by molar-refractivity contribution is 0.102. The van der Waals surface area contributed by atoms with Crippen LogP contribution in [0.15, 0.2) is 30.5 Å². The van der Waals surface area contributed by atoms with Crippen molar-refractivity contribution in [1.29, 1.82) is 0 Å². The monoisotopic (exact) mass is 298 g/mol. The Balaban J connectivity index is 2.31. The largest absolute Gasteiger partial charge is 0.322 e. The van der Waals surface area contributed by atoms with E-state index in [0.29, 0.717) is 10.7 Å². The molecule has 1 amide bonds. The van der Waals surface area contributed by atoms with Gasteiger partial charge >= 0.3 is 0 Å². The summed E-state index contributed by atoms with van der Waals surface area (Å²) in [5.41, 5.74) is 1.23. The first-order valence-corrected chi connectivity index (χ1v) is 6.12. The molecular weight excluding hydrogens is 290 g/mol. The topological polar surface area (TPSA) is 42.0 Å². The Kier molecular flexibility index (Phi) is 4.02. The summed E-state index contributed by atoms with van der Waals surface area (Å²) in [6.45, 7) is 1.77. The number of carbonyl (C=O) groups excluding carboxylic acids is 1. The molecule has 2 rings (SSSR count). The molecule has 1 N–H and O–H groups in total. The first-order valence-electron chi connectivity index (χ1n) is 5.36. The molecule has 1 aromatic heterocycles. The van der Waals surface area contributed by atoms with Crippen LogP contribution < -0.4 is 5.32 Å². The molecule has 0 aliphatic heterocycles. The van der Waals surface area contributed by atoms with Gasteiger partial charge in [0.1, 0.15) is 11.0 Å². The van der Waals surface area contributed by atoms with E-state index in [9.17, 15) is 9.18 Å². The van der Waals surface area contributed by atoms with Crippen LogP contribution in [0.2, 0.25) is 10.2 Å². The predicted octanol–water partition coefficient (Wildman–Crippen LogP) is 4.09. The number of anilines is 1. The first-order chi connectivity index (χ1) is 8.99. The van der Waals surface area contributed by atoms with Crippen LogP contribution in [0.3, 0.4) is 0 Å². The van der Waals surface area contributed by atoms with E-state index in [4.69, 9.17) is 23.2 Å². The fourth-order valence-corrected chi connectivity index (χ4v) is 1.88. The van der Waals surface area contributed by atoms with Gasteiger partial charge in [0.05, 0.1) is 11.8 Å². The van der Waals surface area contributed by atoms with Crippen LogP contribution in [0.4, 0.5) is 10.1 Å². The maximum absolute atomic E-state index is 13.1. The lowest BCUT2D eigenvalue weighted by atomic mass is 10.2. The number of halogens is 3. The second-order valence-electron chi connectivity index (χ2n) is 3.86. The van der Waals surface area contributed by atoms with Crippen molar-refractivity contribution in [2.24, 2.45) is 0 Å². The van der Waals surface area contributed by atoms with Gasteiger partial charge < -0.3 is 5.32 Å². The lowest BCUT2D eigenvalue weighted by Gasteiger charge is -2.10. The van der Waals surface area contributed by atoms with E-state index in [1.54, 1.807) is 25.1 Å². The molecular formula is C13H9Cl2FN2O. The summed E-state index contributed by atoms with van der Waals surface area (Å²) in [7, 11) is 0. The average Bonchev–Trinajstić information content (AvgIpc) is 2.38. The molecule has 19 heavy (non-hydrogen) atoms. The van der Waals surface area contributed by atoms with Crippen molar-refractivity contribution in [3.63, 3.8) is 0 Å². The lowest BCUT2D eigenvalue weighted by Crippen LogP contribution is -2.14. The molecule has 0 spiro atoms. The van der Waals surface area contributed by atoms with Gasteiger partial charge in [-0.05, 0) is 30.7 Å². The minimum Gasteiger partial charge on any atom is -0.322 e. The van der Waals surface area contributed by atoms with Crippen molar-refractivity contribution in [2.75, 3.05) is 5.32 Å². The second kappa shape index (κ2) is 5.55. The van der Waals surface area contributed by atoms with Crippen molar-refractivity contribution in [2.45, 2.75) is 6.92 Å². The van der Waals surface area contributed by atoms with Gasteiger partial charge in [-0.2, -0.15) is 0 Å². The average molecular weight is 299 g/mol. The second-order valence-corrected chi connectivity index (χ2v) is 4.62. The van der Waals surface area contributed by atoms with Crippen molar-refractivity contribution in [3.05, 3.63) is 57.6 Å². The third-order valence-electron chi connectivity index (χ3n) is 2.57. The van der Waals surface area contributed by atoms with Crippen molar-refractivity contribution in [1.82, 2.24) is 4.98 Å². The fourth-order valence-electron chi connectivity index (χ4n) is 1.51. The van der Waals surface area contributed by atoms with Crippen LogP contribution in [0, 0.1) is 12.7 Å². The number of hydrogen-bond acceptors (Lipinski definition) is 2. The number of rotatable bonds is 2. The Hall–Kier alpha value is -1.65. The maximum atomic E-state index is 13.1. The highest BCUT2D eigenvalue weighted by Crippen LogP contribution is 2.24. The van der Waals surface area contributed by atoms with Gasteiger partial charge in [0.15, 0.2) is 0 Å². The van der Waals surface area contributed by atoms with Crippen LogP contribution in [0.1, 0.15) is 15.9 Å². The zero-order valence-corrected chi connectivity index (χ0v) is 11.4. The van der Waals surface area contributed by atoms with Crippen molar-refractivity contribution < 1.29 is 9.18 Å². The number of aromatic nitrogens is 1. The summed E-state index contributed by atoms with van der Waals surface area (Å²) >= 11 is 11.7. The Morgan fingerprint density at radius 1 is 1.37 bits per heavy atom. The molecule has 1 aromatic carbocycles. The standard InChI is InChI=1S/C13H9Cl2FN2O/c1-7-10(14)3-2-4-11(7)18-13(19)9-5-8(16)6-17-12(9)15/h2-6H,1H3,(H,18,19). The molecule has 0 saturated carbocycles. The highest BCUT2D eigenvalue weighted by molar-refractivity contribution is 6.33. The number of hydrogen-bond donors (Lipinski definition) is 1. The highest BCUT2D eigenvalue weighted by atomic mass is 35.5. The molecule has 98 valence electrons. The van der Waals surface area contributed by atoms with E-state index in [0.717, 1.165) is 17.8 Å². The molecule has 0 fully saturated rings. The number of carbonyl (C=O) groups is 1. The van der Waals surface area contributed by atoms with E-state index in [-0.39, 0.29) is 10.7 Å². The van der Waals surface area contributed by atoms with E-state index in [1.807, 2.05) is 0 Å². The number of amides is 1. The van der Waals surface area contributed by atoms with Gasteiger partial charge in [-0.25, -0.2) is 9.37 Å². The SMILES string of the molecule is Cc1c(Cl)cccc1NC(=O)c1cc(F)cnc1Cl. The van der Waals surface area contributed by atoms with Crippen LogP contribution in [0.25, 0.3) is 0 Å². The zero-order valence-electron chi connectivity index (χ0n) is 9.88. The molecule has 0 unspecified atom stereocenters. The summed E-state index contributed by atoms with van der Waals surface area (Å²) in [4.78, 5) is 15.6. The summed E-state index contributed by atoms with van der Waals surface area (Å²) in [6.07, 6.45) is 0.948. The normalized spacial score (nSPS) is 10.3. The number of nitrogens with one attached hydrogen (secondary N) is 1. The molecule has 6 heteroatoms. The summed E-state index contributed by atoms with van der Waals surface area (Å²) in [5.74, 6) is -1.17. The van der Waals surface area contributed by atoms with E-state index < -0.39 is 11.7 Å². The van der Waals surface area contributed by atoms with Crippen LogP contribution >= 0.6 is 23.2 Å². The van der Waals surface area contributed by atoms with E-state index in [1.165, 1.54) is 0 Å². The van der Waals surface area contributed by atoms with Gasteiger partial charge in [-0.3, -0.25) is 4.79 Å². The predicted molar refractivity (Wildman–Crippen MR) is 73.3 cm³/mol. The molecule has 0 aliphatic carbocycles. The number of benzene rings is 1. The number of nitrogens with zero attached hydrogens (tertiary/aromatic N) is 1. The first kappa shape index (κ1) is 13.8. The van der Waals surface area contributed by atoms with Crippen molar-refractivity contribution in [3.8, 4) is 0 Å². The van der Waals surface area contributed by atoms with Crippen LogP contribution in [-0.4, -0.2) is 10.9 Å². The smallest absolute Gasteiger partial charge is 0.258 e. The minimum absolute atomic E-state index is 0.0268.